The highest BCUT2D eigenvalue weighted by Gasteiger charge is 2.26. The van der Waals surface area contributed by atoms with Crippen LogP contribution >= 0.6 is 11.8 Å². The normalized spacial score (nSPS) is 18.1. The van der Waals surface area contributed by atoms with Gasteiger partial charge in [0.1, 0.15) is 5.84 Å². The number of aliphatic imine (C=N–C) groups is 1. The van der Waals surface area contributed by atoms with Crippen molar-refractivity contribution in [2.45, 2.75) is 43.4 Å². The number of fused-ring (bicyclic) bond motifs is 1. The molecular weight excluding hydrogens is 386 g/mol. The molecule has 0 aromatic heterocycles. The van der Waals surface area contributed by atoms with Crippen LogP contribution in [-0.2, 0) is 4.79 Å². The number of amides is 2. The van der Waals surface area contributed by atoms with Gasteiger partial charge in [-0.2, -0.15) is 16.8 Å². The minimum atomic E-state index is -0.427. The van der Waals surface area contributed by atoms with E-state index in [4.69, 9.17) is 11.5 Å². The Hall–Kier alpha value is -2.03. The van der Waals surface area contributed by atoms with E-state index in [1.54, 1.807) is 23.9 Å². The summed E-state index contributed by atoms with van der Waals surface area (Å²) in [6.45, 7) is 6.02. The molecular formula is C21H29N5O2S. The molecule has 0 spiro atoms. The molecule has 7 nitrogen and oxygen atoms in total. The molecule has 2 aliphatic heterocycles. The van der Waals surface area contributed by atoms with Crippen LogP contribution < -0.4 is 22.0 Å². The summed E-state index contributed by atoms with van der Waals surface area (Å²) in [5, 5.41) is 1.78. The number of thioether (sulfide) groups is 1. The summed E-state index contributed by atoms with van der Waals surface area (Å²) in [6, 6.07) is 4.95. The lowest BCUT2D eigenvalue weighted by Gasteiger charge is -2.33. The number of para-hydroxylation sites is 1. The maximum atomic E-state index is 12.5. The van der Waals surface area contributed by atoms with Gasteiger partial charge in [-0.25, -0.2) is 4.99 Å². The predicted octanol–water partition coefficient (Wildman–Crippen LogP) is 0.449. The van der Waals surface area contributed by atoms with Crippen molar-refractivity contribution in [2.75, 3.05) is 25.4 Å². The molecule has 1 fully saturated rings. The predicted molar refractivity (Wildman–Crippen MR) is 117 cm³/mol. The summed E-state index contributed by atoms with van der Waals surface area (Å²) in [6.07, 6.45) is 4.29. The molecule has 0 saturated carbocycles. The third-order valence-corrected chi connectivity index (χ3v) is 6.68. The van der Waals surface area contributed by atoms with Gasteiger partial charge in [-0.3, -0.25) is 9.59 Å². The van der Waals surface area contributed by atoms with Crippen LogP contribution in [0.5, 0.6) is 0 Å². The third-order valence-electron chi connectivity index (χ3n) is 5.31. The summed E-state index contributed by atoms with van der Waals surface area (Å²) >= 11 is 1.75. The van der Waals surface area contributed by atoms with E-state index in [0.717, 1.165) is 44.0 Å². The van der Waals surface area contributed by atoms with Gasteiger partial charge in [0.05, 0.1) is 22.7 Å². The molecule has 3 rings (SSSR count). The Balaban J connectivity index is 1.48. The Morgan fingerprint density at radius 1 is 1.28 bits per heavy atom. The highest BCUT2D eigenvalue weighted by Crippen LogP contribution is 2.24. The van der Waals surface area contributed by atoms with Crippen LogP contribution in [0.3, 0.4) is 0 Å². The largest absolute Gasteiger partial charge is 0.341 e. The van der Waals surface area contributed by atoms with E-state index < -0.39 is 6.04 Å². The van der Waals surface area contributed by atoms with Gasteiger partial charge >= 0.3 is 0 Å². The lowest BCUT2D eigenvalue weighted by molar-refractivity contribution is -0.133. The first-order valence-corrected chi connectivity index (χ1v) is 11.2. The van der Waals surface area contributed by atoms with Gasteiger partial charge in [-0.1, -0.05) is 25.1 Å². The first kappa shape index (κ1) is 21.7. The topological polar surface area (TPSA) is 114 Å². The number of nitrogens with two attached hydrogens (primary N) is 2. The van der Waals surface area contributed by atoms with Crippen molar-refractivity contribution in [2.24, 2.45) is 21.5 Å². The van der Waals surface area contributed by atoms with Crippen LogP contribution in [0.15, 0.2) is 28.2 Å². The maximum Gasteiger partial charge on any atom is 0.280 e. The van der Waals surface area contributed by atoms with Gasteiger partial charge in [0.2, 0.25) is 5.91 Å². The van der Waals surface area contributed by atoms with Crippen molar-refractivity contribution in [3.63, 3.8) is 0 Å². The van der Waals surface area contributed by atoms with Gasteiger partial charge in [-0.05, 0) is 43.5 Å². The number of benzene rings is 1. The minimum absolute atomic E-state index is 0.0438. The average Bonchev–Trinajstić information content (AvgIpc) is 2.73. The molecule has 2 heterocycles. The van der Waals surface area contributed by atoms with Crippen LogP contribution in [0, 0.1) is 0 Å². The summed E-state index contributed by atoms with van der Waals surface area (Å²) in [5.41, 5.74) is 12.1. The zero-order valence-electron chi connectivity index (χ0n) is 16.7. The molecule has 0 aliphatic carbocycles. The van der Waals surface area contributed by atoms with Crippen molar-refractivity contribution in [1.82, 2.24) is 4.90 Å². The van der Waals surface area contributed by atoms with Crippen molar-refractivity contribution in [1.29, 1.82) is 0 Å². The van der Waals surface area contributed by atoms with Gasteiger partial charge in [0.25, 0.3) is 5.91 Å². The Bertz CT molecular complexity index is 893. The number of unbranched alkanes of at least 4 members (excludes halogenated alkanes) is 1. The zero-order chi connectivity index (χ0) is 20.8. The first-order valence-electron chi connectivity index (χ1n) is 10.1. The number of rotatable bonds is 8. The van der Waals surface area contributed by atoms with Crippen molar-refractivity contribution in [3.8, 4) is 0 Å². The number of carbonyl (C=O) groups excluding carboxylic acids is 2. The highest BCUT2D eigenvalue weighted by molar-refractivity contribution is 8.00. The molecule has 156 valence electrons. The second-order valence-electron chi connectivity index (χ2n) is 7.48. The van der Waals surface area contributed by atoms with Gasteiger partial charge in [-0.15, -0.1) is 0 Å². The molecule has 0 unspecified atom stereocenters. The smallest absolute Gasteiger partial charge is 0.280 e. The fourth-order valence-corrected chi connectivity index (χ4v) is 4.65. The molecule has 2 aliphatic rings. The van der Waals surface area contributed by atoms with E-state index in [2.05, 4.69) is 16.6 Å². The number of carbonyl (C=O) groups is 2. The van der Waals surface area contributed by atoms with Crippen LogP contribution in [-0.4, -0.2) is 59.2 Å². The summed E-state index contributed by atoms with van der Waals surface area (Å²) in [5.74, 6) is 0.919. The quantitative estimate of drug-likeness (QED) is 0.598. The zero-order valence-corrected chi connectivity index (χ0v) is 17.5. The standard InChI is InChI=1S/C21H29N5O2S/c1-14-5-4-6-16-19(14)24-18(25-20(16)27)13-29-15-8-11-26(12-9-15)21(28)17(23)7-2-3-10-22/h4-6,15,17H,1-3,7-13,22-23H2/t17-/m1/s1. The number of hydrogen-bond donors (Lipinski definition) is 2. The summed E-state index contributed by atoms with van der Waals surface area (Å²) in [4.78, 5) is 35.2. The van der Waals surface area contributed by atoms with Crippen molar-refractivity contribution >= 4 is 36.0 Å². The minimum Gasteiger partial charge on any atom is -0.341 e. The van der Waals surface area contributed by atoms with E-state index >= 15 is 0 Å². The van der Waals surface area contributed by atoms with Crippen LogP contribution in [0.4, 0.5) is 0 Å². The Morgan fingerprint density at radius 3 is 2.76 bits per heavy atom. The summed E-state index contributed by atoms with van der Waals surface area (Å²) < 4.78 is 0. The van der Waals surface area contributed by atoms with E-state index in [9.17, 15) is 9.59 Å². The highest BCUT2D eigenvalue weighted by atomic mass is 32.2. The lowest BCUT2D eigenvalue weighted by Crippen LogP contribution is -2.47. The Kier molecular flexibility index (Phi) is 7.57. The average molecular weight is 416 g/mol. The summed E-state index contributed by atoms with van der Waals surface area (Å²) in [7, 11) is 0. The monoisotopic (exact) mass is 415 g/mol. The Labute approximate surface area is 175 Å². The second-order valence-corrected chi connectivity index (χ2v) is 8.77. The van der Waals surface area contributed by atoms with Gasteiger partial charge in [0.15, 0.2) is 0 Å². The molecule has 1 saturated heterocycles. The molecule has 1 atom stereocenters. The number of piperidine rings is 1. The van der Waals surface area contributed by atoms with Crippen molar-refractivity contribution in [3.05, 3.63) is 34.3 Å². The molecule has 4 N–H and O–H groups in total. The number of nitrogens with zero attached hydrogens (tertiary/aromatic N) is 3. The fourth-order valence-electron chi connectivity index (χ4n) is 3.59. The fraction of sp³-hybridized carbons (Fsp3) is 0.524. The number of likely N-dealkylation sites (tertiary alicyclic amines) is 1. The van der Waals surface area contributed by atoms with E-state index in [0.29, 0.717) is 40.7 Å². The Morgan fingerprint density at radius 2 is 2.03 bits per heavy atom. The van der Waals surface area contributed by atoms with E-state index in [1.807, 2.05) is 11.0 Å². The molecule has 8 heteroatoms. The lowest BCUT2D eigenvalue weighted by atomic mass is 10.1. The molecule has 0 bridgehead atoms. The van der Waals surface area contributed by atoms with E-state index in [-0.39, 0.29) is 11.8 Å². The van der Waals surface area contributed by atoms with Crippen molar-refractivity contribution < 1.29 is 9.59 Å². The van der Waals surface area contributed by atoms with Crippen LogP contribution in [0.2, 0.25) is 0 Å². The number of hydrogen-bond acceptors (Lipinski definition) is 6. The van der Waals surface area contributed by atoms with Crippen LogP contribution in [0.25, 0.3) is 6.58 Å². The maximum absolute atomic E-state index is 12.5. The molecule has 0 radical (unpaired) electrons. The van der Waals surface area contributed by atoms with Gasteiger partial charge in [0, 0.05) is 18.3 Å². The first-order chi connectivity index (χ1) is 14.0. The second kappa shape index (κ2) is 10.1. The third kappa shape index (κ3) is 5.52. The van der Waals surface area contributed by atoms with E-state index in [1.165, 1.54) is 0 Å². The molecule has 1 aromatic rings. The SMILES string of the molecule is C=c1cccc2c1=NC(CSC1CCN(C(=O)[C@H](N)CCCCN)CC1)=NC2=O. The molecule has 29 heavy (non-hydrogen) atoms. The number of amidine groups is 1. The molecule has 1 aromatic carbocycles. The van der Waals surface area contributed by atoms with Gasteiger partial charge < -0.3 is 16.4 Å². The van der Waals surface area contributed by atoms with Crippen LogP contribution in [0.1, 0.15) is 42.5 Å². The molecule has 2 amide bonds.